The molecule has 2 aromatic heterocycles. The van der Waals surface area contributed by atoms with Crippen LogP contribution in [0.1, 0.15) is 67.0 Å². The van der Waals surface area contributed by atoms with Crippen molar-refractivity contribution in [1.82, 2.24) is 4.98 Å². The van der Waals surface area contributed by atoms with E-state index in [-0.39, 0.29) is 23.0 Å². The van der Waals surface area contributed by atoms with E-state index >= 15 is 0 Å². The van der Waals surface area contributed by atoms with E-state index in [0.717, 1.165) is 41.3 Å². The van der Waals surface area contributed by atoms with Crippen LogP contribution in [0.4, 0.5) is 5.00 Å². The van der Waals surface area contributed by atoms with Crippen molar-refractivity contribution in [3.8, 4) is 0 Å². The molecule has 0 saturated heterocycles. The van der Waals surface area contributed by atoms with Crippen molar-refractivity contribution >= 4 is 51.3 Å². The molecule has 0 aromatic carbocycles. The van der Waals surface area contributed by atoms with E-state index in [0.29, 0.717) is 17.2 Å². The van der Waals surface area contributed by atoms with E-state index in [9.17, 15) is 9.59 Å². The Balaban J connectivity index is 1.69. The summed E-state index contributed by atoms with van der Waals surface area (Å²) in [6, 6.07) is 0. The van der Waals surface area contributed by atoms with Crippen molar-refractivity contribution in [3.05, 3.63) is 27.1 Å². The zero-order valence-corrected chi connectivity index (χ0v) is 19.2. The molecule has 1 N–H and O–H groups in total. The number of nitrogens with zero attached hydrogens (tertiary/aromatic N) is 1. The summed E-state index contributed by atoms with van der Waals surface area (Å²) in [6.07, 6.45) is 4.03. The fourth-order valence-electron chi connectivity index (χ4n) is 3.03. The Kier molecular flexibility index (Phi) is 6.83. The Morgan fingerprint density at radius 3 is 2.71 bits per heavy atom. The number of fused-ring (bicyclic) bond motifs is 1. The number of aryl methyl sites for hydroxylation is 1. The van der Waals surface area contributed by atoms with Crippen LogP contribution in [0.25, 0.3) is 0 Å². The molecule has 0 atom stereocenters. The molecular formula is C20H26N2O3S3. The summed E-state index contributed by atoms with van der Waals surface area (Å²) in [5, 5.41) is 5.63. The number of esters is 1. The monoisotopic (exact) mass is 438 g/mol. The molecule has 1 aliphatic carbocycles. The Morgan fingerprint density at radius 1 is 1.29 bits per heavy atom. The number of ether oxygens (including phenoxy) is 1. The predicted octanol–water partition coefficient (Wildman–Crippen LogP) is 5.29. The average molecular weight is 439 g/mol. The lowest BCUT2D eigenvalue weighted by atomic mass is 9.93. The lowest BCUT2D eigenvalue weighted by molar-refractivity contribution is -0.113. The van der Waals surface area contributed by atoms with Crippen molar-refractivity contribution in [2.45, 2.75) is 63.1 Å². The lowest BCUT2D eigenvalue weighted by Crippen LogP contribution is -2.17. The van der Waals surface area contributed by atoms with Gasteiger partial charge in [0, 0.05) is 15.7 Å². The summed E-state index contributed by atoms with van der Waals surface area (Å²) in [4.78, 5) is 30.8. The molecule has 3 rings (SSSR count). The van der Waals surface area contributed by atoms with Gasteiger partial charge in [-0.2, -0.15) is 0 Å². The number of amides is 1. The number of carbonyl (C=O) groups is 2. The van der Waals surface area contributed by atoms with Gasteiger partial charge >= 0.3 is 5.97 Å². The van der Waals surface area contributed by atoms with Gasteiger partial charge in [-0.15, -0.1) is 22.7 Å². The average Bonchev–Trinajstić information content (AvgIpc) is 3.24. The molecule has 0 saturated carbocycles. The van der Waals surface area contributed by atoms with Gasteiger partial charge in [0.15, 0.2) is 4.34 Å². The summed E-state index contributed by atoms with van der Waals surface area (Å²) in [6.45, 7) is 8.49. The number of aromatic nitrogens is 1. The van der Waals surface area contributed by atoms with Gasteiger partial charge in [0.25, 0.3) is 0 Å². The summed E-state index contributed by atoms with van der Waals surface area (Å²) in [5.41, 5.74) is 2.66. The lowest BCUT2D eigenvalue weighted by Gasteiger charge is -2.14. The fourth-order valence-corrected chi connectivity index (χ4v) is 6.18. The second-order valence-electron chi connectivity index (χ2n) is 7.72. The molecule has 28 heavy (non-hydrogen) atoms. The minimum Gasteiger partial charge on any atom is -0.462 e. The van der Waals surface area contributed by atoms with Crippen LogP contribution in [0.2, 0.25) is 0 Å². The highest BCUT2D eigenvalue weighted by molar-refractivity contribution is 8.01. The van der Waals surface area contributed by atoms with E-state index < -0.39 is 0 Å². The van der Waals surface area contributed by atoms with Crippen LogP contribution in [0.3, 0.4) is 0 Å². The normalized spacial score (nSPS) is 13.9. The number of thiophene rings is 1. The van der Waals surface area contributed by atoms with Crippen LogP contribution in [0.5, 0.6) is 0 Å². The number of carbonyl (C=O) groups excluding carboxylic acids is 2. The first-order chi connectivity index (χ1) is 13.3. The van der Waals surface area contributed by atoms with Gasteiger partial charge in [-0.25, -0.2) is 9.78 Å². The standard InChI is InChI=1S/C20H26N2O3S3/c1-5-25-18(24)16-12-8-6-7-9-13(12)28-17(16)22-15(23)11-27-19-21-14(10-26-19)20(2,3)4/h10H,5-9,11H2,1-4H3,(H,22,23). The molecule has 2 aromatic rings. The van der Waals surface area contributed by atoms with E-state index in [4.69, 9.17) is 4.74 Å². The second kappa shape index (κ2) is 8.97. The third-order valence-corrected chi connectivity index (χ3v) is 7.71. The molecule has 1 amide bonds. The van der Waals surface area contributed by atoms with E-state index in [1.54, 1.807) is 18.3 Å². The van der Waals surface area contributed by atoms with E-state index in [1.807, 2.05) is 5.38 Å². The van der Waals surface area contributed by atoms with Gasteiger partial charge in [-0.1, -0.05) is 32.5 Å². The Morgan fingerprint density at radius 2 is 2.04 bits per heavy atom. The molecule has 8 heteroatoms. The maximum Gasteiger partial charge on any atom is 0.341 e. The van der Waals surface area contributed by atoms with Crippen LogP contribution in [-0.2, 0) is 27.8 Å². The second-order valence-corrected chi connectivity index (χ2v) is 10.9. The molecule has 0 aliphatic heterocycles. The number of thioether (sulfide) groups is 1. The van der Waals surface area contributed by atoms with Crippen molar-refractivity contribution in [2.24, 2.45) is 0 Å². The topological polar surface area (TPSA) is 68.3 Å². The highest BCUT2D eigenvalue weighted by atomic mass is 32.2. The number of hydrogen-bond donors (Lipinski definition) is 1. The maximum absolute atomic E-state index is 12.5. The predicted molar refractivity (Wildman–Crippen MR) is 117 cm³/mol. The largest absolute Gasteiger partial charge is 0.462 e. The first kappa shape index (κ1) is 21.3. The highest BCUT2D eigenvalue weighted by Gasteiger charge is 2.27. The number of nitrogens with one attached hydrogen (secondary N) is 1. The molecule has 2 heterocycles. The molecule has 152 valence electrons. The Hall–Kier alpha value is -1.38. The van der Waals surface area contributed by atoms with Crippen molar-refractivity contribution in [1.29, 1.82) is 0 Å². The summed E-state index contributed by atoms with van der Waals surface area (Å²) in [5.74, 6) is -0.191. The van der Waals surface area contributed by atoms with E-state index in [2.05, 4.69) is 31.1 Å². The first-order valence-corrected chi connectivity index (χ1v) is 12.2. The number of hydrogen-bond acceptors (Lipinski definition) is 7. The van der Waals surface area contributed by atoms with Gasteiger partial charge in [-0.05, 0) is 38.2 Å². The highest BCUT2D eigenvalue weighted by Crippen LogP contribution is 2.39. The van der Waals surface area contributed by atoms with Crippen molar-refractivity contribution in [3.63, 3.8) is 0 Å². The number of thiazole rings is 1. The molecule has 0 fully saturated rings. The van der Waals surface area contributed by atoms with Crippen molar-refractivity contribution in [2.75, 3.05) is 17.7 Å². The maximum atomic E-state index is 12.5. The minimum absolute atomic E-state index is 0.00213. The Labute approximate surface area is 178 Å². The molecule has 0 spiro atoms. The van der Waals surface area contributed by atoms with Gasteiger partial charge < -0.3 is 10.1 Å². The molecule has 0 unspecified atom stereocenters. The number of anilines is 1. The van der Waals surface area contributed by atoms with E-state index in [1.165, 1.54) is 28.0 Å². The third-order valence-electron chi connectivity index (χ3n) is 4.48. The smallest absolute Gasteiger partial charge is 0.341 e. The van der Waals surface area contributed by atoms with Gasteiger partial charge in [-0.3, -0.25) is 4.79 Å². The molecule has 5 nitrogen and oxygen atoms in total. The molecular weight excluding hydrogens is 412 g/mol. The van der Waals surface area contributed by atoms with Crippen LogP contribution in [0.15, 0.2) is 9.72 Å². The SMILES string of the molecule is CCOC(=O)c1c(NC(=O)CSc2nc(C(C)(C)C)cs2)sc2c1CCCC2. The Bertz CT molecular complexity index is 865. The van der Waals surface area contributed by atoms with Crippen LogP contribution in [-0.4, -0.2) is 29.2 Å². The van der Waals surface area contributed by atoms with Gasteiger partial charge in [0.1, 0.15) is 5.00 Å². The first-order valence-electron chi connectivity index (χ1n) is 9.50. The zero-order valence-electron chi connectivity index (χ0n) is 16.7. The fraction of sp³-hybridized carbons (Fsp3) is 0.550. The molecule has 1 aliphatic rings. The summed E-state index contributed by atoms with van der Waals surface area (Å²) < 4.78 is 6.13. The molecule has 0 bridgehead atoms. The quantitative estimate of drug-likeness (QED) is 0.490. The summed E-state index contributed by atoms with van der Waals surface area (Å²) in [7, 11) is 0. The third kappa shape index (κ3) is 4.96. The van der Waals surface area contributed by atoms with Gasteiger partial charge in [0.2, 0.25) is 5.91 Å². The number of rotatable bonds is 6. The van der Waals surface area contributed by atoms with Crippen LogP contribution in [0, 0.1) is 0 Å². The molecule has 0 radical (unpaired) electrons. The van der Waals surface area contributed by atoms with Crippen LogP contribution >= 0.6 is 34.4 Å². The minimum atomic E-state index is -0.334. The zero-order chi connectivity index (χ0) is 20.3. The summed E-state index contributed by atoms with van der Waals surface area (Å²) >= 11 is 4.51. The van der Waals surface area contributed by atoms with Crippen molar-refractivity contribution < 1.29 is 14.3 Å². The van der Waals surface area contributed by atoms with Crippen LogP contribution < -0.4 is 5.32 Å². The van der Waals surface area contributed by atoms with Gasteiger partial charge in [0.05, 0.1) is 23.6 Å².